The van der Waals surface area contributed by atoms with Crippen LogP contribution >= 0.6 is 0 Å². The first-order chi connectivity index (χ1) is 28.0. The summed E-state index contributed by atoms with van der Waals surface area (Å²) in [5, 5.41) is 7.35. The maximum absolute atomic E-state index is 5.13. The SMILES string of the molecule is CC1(C)c2ccccc2-c2cc3c(-c4ccc(-c5cn6ccccc6n5)cc4)c4ccccc4c(-c4ccc(-c5cn6ccc7ccccc7c6n5)cc4)c3cc21. The standard InChI is InChI=1S/C53H36N4/c1-53(2)45-16-8-7-13-39(45)42-29-43-44(30-46(42)53)51(37-24-20-35(21-25-37)48-32-57-28-26-33-11-3-4-12-38(33)52(57)55-48)41-15-6-5-14-40(41)50(43)36-22-18-34(19-23-36)47-31-56-27-10-9-17-49(56)54-47/h3-32H,1-2H3. The number of rotatable bonds is 4. The molecule has 0 N–H and O–H groups in total. The zero-order chi connectivity index (χ0) is 37.8. The third-order valence-corrected chi connectivity index (χ3v) is 12.4. The van der Waals surface area contributed by atoms with Crippen LogP contribution in [0.3, 0.4) is 0 Å². The van der Waals surface area contributed by atoms with Crippen LogP contribution < -0.4 is 0 Å². The molecule has 0 aliphatic heterocycles. The molecule has 268 valence electrons. The normalized spacial score (nSPS) is 13.2. The van der Waals surface area contributed by atoms with Crippen LogP contribution in [-0.4, -0.2) is 18.8 Å². The molecular formula is C53H36N4. The fourth-order valence-electron chi connectivity index (χ4n) is 9.53. The lowest BCUT2D eigenvalue weighted by atomic mass is 9.79. The minimum absolute atomic E-state index is 0.129. The van der Waals surface area contributed by atoms with E-state index < -0.39 is 0 Å². The molecule has 4 heterocycles. The molecule has 57 heavy (non-hydrogen) atoms. The van der Waals surface area contributed by atoms with Crippen molar-refractivity contribution >= 4 is 43.6 Å². The van der Waals surface area contributed by atoms with Gasteiger partial charge >= 0.3 is 0 Å². The monoisotopic (exact) mass is 728 g/mol. The van der Waals surface area contributed by atoms with E-state index in [4.69, 9.17) is 9.97 Å². The third kappa shape index (κ3) is 4.74. The number of pyridine rings is 2. The van der Waals surface area contributed by atoms with Crippen LogP contribution in [0.4, 0.5) is 0 Å². The molecule has 0 unspecified atom stereocenters. The van der Waals surface area contributed by atoms with Crippen molar-refractivity contribution in [1.29, 1.82) is 0 Å². The molecule has 0 amide bonds. The molecule has 1 aliphatic rings. The first kappa shape index (κ1) is 32.0. The number of nitrogens with zero attached hydrogens (tertiary/aromatic N) is 4. The van der Waals surface area contributed by atoms with E-state index >= 15 is 0 Å². The molecule has 7 aromatic carbocycles. The number of fused-ring (bicyclic) bond motifs is 9. The van der Waals surface area contributed by atoms with Gasteiger partial charge in [-0.1, -0.05) is 141 Å². The molecule has 0 atom stereocenters. The zero-order valence-corrected chi connectivity index (χ0v) is 31.6. The van der Waals surface area contributed by atoms with Crippen LogP contribution in [0.15, 0.2) is 183 Å². The van der Waals surface area contributed by atoms with Crippen molar-refractivity contribution in [1.82, 2.24) is 18.8 Å². The van der Waals surface area contributed by atoms with Gasteiger partial charge in [-0.15, -0.1) is 0 Å². The molecule has 0 bridgehead atoms. The zero-order valence-electron chi connectivity index (χ0n) is 31.6. The Kier molecular flexibility index (Phi) is 6.65. The molecule has 4 aromatic heterocycles. The molecule has 4 heteroatoms. The Bertz CT molecular complexity index is 3390. The van der Waals surface area contributed by atoms with E-state index in [0.29, 0.717) is 0 Å². The van der Waals surface area contributed by atoms with E-state index in [0.717, 1.165) is 39.2 Å². The van der Waals surface area contributed by atoms with Crippen LogP contribution in [0.1, 0.15) is 25.0 Å². The summed E-state index contributed by atoms with van der Waals surface area (Å²) in [6.07, 6.45) is 8.40. The van der Waals surface area contributed by atoms with Crippen molar-refractivity contribution < 1.29 is 0 Å². The summed E-state index contributed by atoms with van der Waals surface area (Å²) in [5.41, 5.74) is 16.2. The molecule has 0 saturated heterocycles. The average Bonchev–Trinajstić information content (AvgIpc) is 3.96. The Hall–Kier alpha value is -7.30. The van der Waals surface area contributed by atoms with Gasteiger partial charge in [0.05, 0.1) is 11.4 Å². The Morgan fingerprint density at radius 2 is 1.00 bits per heavy atom. The van der Waals surface area contributed by atoms with Crippen molar-refractivity contribution in [2.24, 2.45) is 0 Å². The summed E-state index contributed by atoms with van der Waals surface area (Å²) in [5.74, 6) is 0. The Labute approximate surface area is 330 Å². The Balaban J connectivity index is 1.07. The fraction of sp³-hybridized carbons (Fsp3) is 0.0566. The maximum atomic E-state index is 5.13. The number of aromatic nitrogens is 4. The van der Waals surface area contributed by atoms with Gasteiger partial charge in [0.2, 0.25) is 0 Å². The van der Waals surface area contributed by atoms with Gasteiger partial charge in [0.25, 0.3) is 0 Å². The first-order valence-corrected chi connectivity index (χ1v) is 19.6. The predicted molar refractivity (Wildman–Crippen MR) is 236 cm³/mol. The van der Waals surface area contributed by atoms with Gasteiger partial charge in [0, 0.05) is 46.7 Å². The summed E-state index contributed by atoms with van der Waals surface area (Å²) < 4.78 is 4.21. The smallest absolute Gasteiger partial charge is 0.145 e. The second kappa shape index (κ2) is 11.8. The second-order valence-corrected chi connectivity index (χ2v) is 15.9. The van der Waals surface area contributed by atoms with E-state index in [1.807, 2.05) is 24.4 Å². The highest BCUT2D eigenvalue weighted by atomic mass is 15.0. The maximum Gasteiger partial charge on any atom is 0.145 e. The molecule has 12 rings (SSSR count). The molecule has 11 aromatic rings. The lowest BCUT2D eigenvalue weighted by molar-refractivity contribution is 0.661. The molecule has 1 aliphatic carbocycles. The predicted octanol–water partition coefficient (Wildman–Crippen LogP) is 13.4. The second-order valence-electron chi connectivity index (χ2n) is 15.9. The van der Waals surface area contributed by atoms with Gasteiger partial charge < -0.3 is 8.80 Å². The number of hydrogen-bond acceptors (Lipinski definition) is 2. The van der Waals surface area contributed by atoms with E-state index in [9.17, 15) is 0 Å². The lowest BCUT2D eigenvalue weighted by Crippen LogP contribution is -2.14. The van der Waals surface area contributed by atoms with Gasteiger partial charge in [-0.2, -0.15) is 0 Å². The topological polar surface area (TPSA) is 34.6 Å². The quantitative estimate of drug-likeness (QED) is 0.169. The van der Waals surface area contributed by atoms with Crippen molar-refractivity contribution in [3.05, 3.63) is 194 Å². The third-order valence-electron chi connectivity index (χ3n) is 12.4. The van der Waals surface area contributed by atoms with Crippen LogP contribution in [0.5, 0.6) is 0 Å². The molecule has 0 spiro atoms. The molecular weight excluding hydrogens is 693 g/mol. The van der Waals surface area contributed by atoms with E-state index in [1.54, 1.807) is 0 Å². The molecule has 0 fully saturated rings. The number of benzene rings is 7. The highest BCUT2D eigenvalue weighted by molar-refractivity contribution is 6.22. The van der Waals surface area contributed by atoms with Crippen molar-refractivity contribution in [2.45, 2.75) is 19.3 Å². The van der Waals surface area contributed by atoms with Crippen LogP contribution in [-0.2, 0) is 5.41 Å². The van der Waals surface area contributed by atoms with Gasteiger partial charge in [-0.3, -0.25) is 0 Å². The summed E-state index contributed by atoms with van der Waals surface area (Å²) in [6, 6.07) is 57.6. The van der Waals surface area contributed by atoms with Crippen molar-refractivity contribution in [3.63, 3.8) is 0 Å². The Morgan fingerprint density at radius 3 is 1.72 bits per heavy atom. The van der Waals surface area contributed by atoms with Gasteiger partial charge in [-0.25, -0.2) is 9.97 Å². The average molecular weight is 729 g/mol. The number of imidazole rings is 2. The summed E-state index contributed by atoms with van der Waals surface area (Å²) in [7, 11) is 0. The van der Waals surface area contributed by atoms with Crippen LogP contribution in [0.2, 0.25) is 0 Å². The molecule has 4 nitrogen and oxygen atoms in total. The molecule has 0 radical (unpaired) electrons. The highest BCUT2D eigenvalue weighted by Crippen LogP contribution is 2.53. The van der Waals surface area contributed by atoms with Gasteiger partial charge in [0.15, 0.2) is 0 Å². The van der Waals surface area contributed by atoms with Crippen molar-refractivity contribution in [2.75, 3.05) is 0 Å². The van der Waals surface area contributed by atoms with E-state index in [-0.39, 0.29) is 5.41 Å². The highest BCUT2D eigenvalue weighted by Gasteiger charge is 2.36. The number of hydrogen-bond donors (Lipinski definition) is 0. The van der Waals surface area contributed by atoms with Crippen LogP contribution in [0.25, 0.3) is 99.5 Å². The minimum Gasteiger partial charge on any atom is -0.306 e. The summed E-state index contributed by atoms with van der Waals surface area (Å²) in [4.78, 5) is 10.0. The Morgan fingerprint density at radius 1 is 0.421 bits per heavy atom. The van der Waals surface area contributed by atoms with Gasteiger partial charge in [-0.05, 0) is 102 Å². The lowest BCUT2D eigenvalue weighted by Gasteiger charge is -2.24. The van der Waals surface area contributed by atoms with Crippen molar-refractivity contribution in [3.8, 4) is 55.9 Å². The van der Waals surface area contributed by atoms with Crippen LogP contribution in [0, 0.1) is 0 Å². The fourth-order valence-corrected chi connectivity index (χ4v) is 9.53. The minimum atomic E-state index is -0.129. The summed E-state index contributed by atoms with van der Waals surface area (Å²) >= 11 is 0. The molecule has 0 saturated carbocycles. The largest absolute Gasteiger partial charge is 0.306 e. The van der Waals surface area contributed by atoms with E-state index in [1.165, 1.54) is 71.4 Å². The van der Waals surface area contributed by atoms with E-state index in [2.05, 4.69) is 181 Å². The summed E-state index contributed by atoms with van der Waals surface area (Å²) in [6.45, 7) is 4.74. The first-order valence-electron chi connectivity index (χ1n) is 19.6. The van der Waals surface area contributed by atoms with Gasteiger partial charge in [0.1, 0.15) is 11.3 Å².